The van der Waals surface area contributed by atoms with Gasteiger partial charge in [-0.2, -0.15) is 0 Å². The van der Waals surface area contributed by atoms with Crippen LogP contribution in [-0.4, -0.2) is 42.9 Å². The molecule has 3 nitrogen and oxygen atoms in total. The molecule has 0 spiro atoms. The van der Waals surface area contributed by atoms with Crippen molar-refractivity contribution < 1.29 is 9.18 Å². The molecule has 0 unspecified atom stereocenters. The van der Waals surface area contributed by atoms with Crippen LogP contribution >= 0.6 is 0 Å². The summed E-state index contributed by atoms with van der Waals surface area (Å²) in [6.07, 6.45) is 1.07. The van der Waals surface area contributed by atoms with Crippen molar-refractivity contribution in [1.82, 2.24) is 9.80 Å². The normalized spacial score (nSPS) is 10.8. The van der Waals surface area contributed by atoms with E-state index in [1.165, 1.54) is 12.1 Å². The summed E-state index contributed by atoms with van der Waals surface area (Å²) >= 11 is 0. The average molecular weight is 328 g/mol. The van der Waals surface area contributed by atoms with E-state index in [1.54, 1.807) is 12.1 Å². The van der Waals surface area contributed by atoms with E-state index in [9.17, 15) is 9.18 Å². The van der Waals surface area contributed by atoms with Gasteiger partial charge in [0.15, 0.2) is 0 Å². The Balaban J connectivity index is 1.96. The van der Waals surface area contributed by atoms with E-state index in [0.29, 0.717) is 25.9 Å². The number of likely N-dealkylation sites (N-methyl/N-ethyl adjacent to an activating group) is 1. The van der Waals surface area contributed by atoms with Crippen molar-refractivity contribution in [2.45, 2.75) is 19.4 Å². The van der Waals surface area contributed by atoms with Gasteiger partial charge >= 0.3 is 0 Å². The first-order valence-corrected chi connectivity index (χ1v) is 8.25. The van der Waals surface area contributed by atoms with Gasteiger partial charge in [-0.15, -0.1) is 0 Å². The fraction of sp³-hybridized carbons (Fsp3) is 0.350. The van der Waals surface area contributed by atoms with Crippen LogP contribution in [0.15, 0.2) is 54.6 Å². The van der Waals surface area contributed by atoms with Crippen molar-refractivity contribution in [3.05, 3.63) is 71.5 Å². The zero-order valence-corrected chi connectivity index (χ0v) is 14.4. The predicted molar refractivity (Wildman–Crippen MR) is 95.1 cm³/mol. The Morgan fingerprint density at radius 1 is 0.917 bits per heavy atom. The lowest BCUT2D eigenvalue weighted by Crippen LogP contribution is -2.36. The third-order valence-electron chi connectivity index (χ3n) is 3.93. The summed E-state index contributed by atoms with van der Waals surface area (Å²) in [6, 6.07) is 16.4. The molecule has 128 valence electrons. The number of rotatable bonds is 8. The van der Waals surface area contributed by atoms with Gasteiger partial charge in [-0.25, -0.2) is 4.39 Å². The molecule has 0 bridgehead atoms. The molecule has 0 aliphatic carbocycles. The van der Waals surface area contributed by atoms with E-state index in [2.05, 4.69) is 4.90 Å². The molecule has 0 N–H and O–H groups in total. The number of carbonyl (C=O) groups is 1. The first-order chi connectivity index (χ1) is 11.5. The van der Waals surface area contributed by atoms with Gasteiger partial charge in [-0.05, 0) is 43.8 Å². The Hall–Kier alpha value is -2.20. The highest BCUT2D eigenvalue weighted by Crippen LogP contribution is 2.10. The van der Waals surface area contributed by atoms with Crippen LogP contribution in [0.2, 0.25) is 0 Å². The van der Waals surface area contributed by atoms with Crippen LogP contribution in [0.3, 0.4) is 0 Å². The summed E-state index contributed by atoms with van der Waals surface area (Å²) in [5.74, 6) is -0.119. The van der Waals surface area contributed by atoms with Gasteiger partial charge < -0.3 is 9.80 Å². The van der Waals surface area contributed by atoms with Crippen LogP contribution in [0.25, 0.3) is 0 Å². The lowest BCUT2D eigenvalue weighted by atomic mass is 10.1. The van der Waals surface area contributed by atoms with E-state index < -0.39 is 0 Å². The maximum absolute atomic E-state index is 13.0. The minimum Gasteiger partial charge on any atom is -0.337 e. The van der Waals surface area contributed by atoms with Gasteiger partial charge in [-0.3, -0.25) is 4.79 Å². The summed E-state index contributed by atoms with van der Waals surface area (Å²) in [6.45, 7) is 2.15. The first kappa shape index (κ1) is 18.1. The Labute approximate surface area is 143 Å². The topological polar surface area (TPSA) is 23.6 Å². The van der Waals surface area contributed by atoms with E-state index in [-0.39, 0.29) is 11.7 Å². The quantitative estimate of drug-likeness (QED) is 0.742. The molecule has 2 rings (SSSR count). The van der Waals surface area contributed by atoms with Gasteiger partial charge in [-0.1, -0.05) is 42.5 Å². The van der Waals surface area contributed by atoms with Crippen molar-refractivity contribution in [2.75, 3.05) is 27.2 Å². The molecular weight excluding hydrogens is 303 g/mol. The van der Waals surface area contributed by atoms with Crippen LogP contribution in [0.4, 0.5) is 4.39 Å². The largest absolute Gasteiger partial charge is 0.337 e. The zero-order chi connectivity index (χ0) is 17.4. The SMILES string of the molecule is CN(C)CCN(Cc1ccccc1)C(=O)CCc1ccc(F)cc1. The molecule has 0 saturated carbocycles. The van der Waals surface area contributed by atoms with Gasteiger partial charge in [0.05, 0.1) is 0 Å². The maximum atomic E-state index is 13.0. The summed E-state index contributed by atoms with van der Waals surface area (Å²) < 4.78 is 13.0. The number of amides is 1. The number of aryl methyl sites for hydroxylation is 1. The van der Waals surface area contributed by atoms with E-state index in [1.807, 2.05) is 49.3 Å². The smallest absolute Gasteiger partial charge is 0.223 e. The second-order valence-corrected chi connectivity index (χ2v) is 6.23. The van der Waals surface area contributed by atoms with Gasteiger partial charge in [0, 0.05) is 26.1 Å². The highest BCUT2D eigenvalue weighted by atomic mass is 19.1. The Kier molecular flexibility index (Phi) is 6.94. The number of carbonyl (C=O) groups excluding carboxylic acids is 1. The summed E-state index contributed by atoms with van der Waals surface area (Å²) in [7, 11) is 4.01. The van der Waals surface area contributed by atoms with Crippen molar-refractivity contribution in [1.29, 1.82) is 0 Å². The molecule has 0 aromatic heterocycles. The standard InChI is InChI=1S/C20H25FN2O/c1-22(2)14-15-23(16-18-6-4-3-5-7-18)20(24)13-10-17-8-11-19(21)12-9-17/h3-9,11-12H,10,13-16H2,1-2H3. The van der Waals surface area contributed by atoms with Crippen LogP contribution in [0, 0.1) is 5.82 Å². The minimum absolute atomic E-state index is 0.130. The summed E-state index contributed by atoms with van der Waals surface area (Å²) in [5.41, 5.74) is 2.11. The molecule has 2 aromatic carbocycles. The van der Waals surface area contributed by atoms with Crippen molar-refractivity contribution in [3.63, 3.8) is 0 Å². The monoisotopic (exact) mass is 328 g/mol. The number of halogens is 1. The van der Waals surface area contributed by atoms with Crippen LogP contribution in [0.5, 0.6) is 0 Å². The molecule has 4 heteroatoms. The van der Waals surface area contributed by atoms with Crippen LogP contribution in [0.1, 0.15) is 17.5 Å². The van der Waals surface area contributed by atoms with Crippen molar-refractivity contribution >= 4 is 5.91 Å². The molecule has 24 heavy (non-hydrogen) atoms. The van der Waals surface area contributed by atoms with Gasteiger partial charge in [0.1, 0.15) is 5.82 Å². The van der Waals surface area contributed by atoms with Crippen molar-refractivity contribution in [3.8, 4) is 0 Å². The van der Waals surface area contributed by atoms with Crippen molar-refractivity contribution in [2.24, 2.45) is 0 Å². The van der Waals surface area contributed by atoms with E-state index in [0.717, 1.165) is 17.7 Å². The molecular formula is C20H25FN2O. The molecule has 0 aliphatic rings. The molecule has 0 saturated heterocycles. The Morgan fingerprint density at radius 3 is 2.21 bits per heavy atom. The van der Waals surface area contributed by atoms with Gasteiger partial charge in [0.2, 0.25) is 5.91 Å². The fourth-order valence-corrected chi connectivity index (χ4v) is 2.48. The molecule has 0 heterocycles. The molecule has 2 aromatic rings. The highest BCUT2D eigenvalue weighted by Gasteiger charge is 2.14. The van der Waals surface area contributed by atoms with E-state index >= 15 is 0 Å². The number of benzene rings is 2. The zero-order valence-electron chi connectivity index (χ0n) is 14.4. The molecule has 0 radical (unpaired) electrons. The first-order valence-electron chi connectivity index (χ1n) is 8.25. The second-order valence-electron chi connectivity index (χ2n) is 6.23. The molecule has 0 aliphatic heterocycles. The van der Waals surface area contributed by atoms with Gasteiger partial charge in [0.25, 0.3) is 0 Å². The van der Waals surface area contributed by atoms with Crippen LogP contribution < -0.4 is 0 Å². The average Bonchev–Trinajstić information content (AvgIpc) is 2.58. The Morgan fingerprint density at radius 2 is 1.58 bits per heavy atom. The highest BCUT2D eigenvalue weighted by molar-refractivity contribution is 5.76. The molecule has 0 atom stereocenters. The number of hydrogen-bond donors (Lipinski definition) is 0. The molecule has 0 fully saturated rings. The fourth-order valence-electron chi connectivity index (χ4n) is 2.48. The minimum atomic E-state index is -0.248. The summed E-state index contributed by atoms with van der Waals surface area (Å²) in [5, 5.41) is 0. The number of nitrogens with zero attached hydrogens (tertiary/aromatic N) is 2. The Bertz CT molecular complexity index is 626. The lowest BCUT2D eigenvalue weighted by Gasteiger charge is -2.24. The lowest BCUT2D eigenvalue weighted by molar-refractivity contribution is -0.131. The summed E-state index contributed by atoms with van der Waals surface area (Å²) in [4.78, 5) is 16.6. The van der Waals surface area contributed by atoms with Crippen LogP contribution in [-0.2, 0) is 17.8 Å². The maximum Gasteiger partial charge on any atom is 0.223 e. The number of hydrogen-bond acceptors (Lipinski definition) is 2. The molecule has 1 amide bonds. The predicted octanol–water partition coefficient (Wildman–Crippen LogP) is 3.35. The van der Waals surface area contributed by atoms with E-state index in [4.69, 9.17) is 0 Å². The third kappa shape index (κ3) is 6.13. The second kappa shape index (κ2) is 9.18. The third-order valence-corrected chi connectivity index (χ3v) is 3.93.